The largest absolute Gasteiger partial charge is 0.497 e. The molecule has 0 fully saturated rings. The number of halogens is 2. The van der Waals surface area contributed by atoms with Crippen LogP contribution in [0.25, 0.3) is 22.3 Å². The summed E-state index contributed by atoms with van der Waals surface area (Å²) in [4.78, 5) is 0. The first-order valence-corrected chi connectivity index (χ1v) is 11.2. The first-order valence-electron chi connectivity index (χ1n) is 9.59. The highest BCUT2D eigenvalue weighted by Crippen LogP contribution is 2.53. The van der Waals surface area contributed by atoms with E-state index in [1.54, 1.807) is 7.11 Å². The van der Waals surface area contributed by atoms with Crippen molar-refractivity contribution in [1.82, 2.24) is 0 Å². The highest BCUT2D eigenvalue weighted by Gasteiger charge is 2.44. The third kappa shape index (κ3) is 2.94. The van der Waals surface area contributed by atoms with Crippen LogP contribution in [0.3, 0.4) is 0 Å². The number of fused-ring (bicyclic) bond motifs is 3. The topological polar surface area (TPSA) is 29.5 Å². The maximum atomic E-state index is 12.4. The first-order chi connectivity index (χ1) is 14.5. The molecule has 0 heterocycles. The van der Waals surface area contributed by atoms with E-state index >= 15 is 0 Å². The summed E-state index contributed by atoms with van der Waals surface area (Å²) in [5, 5.41) is 12.4. The Labute approximate surface area is 192 Å². The second-order valence-electron chi connectivity index (χ2n) is 7.36. The van der Waals surface area contributed by atoms with Gasteiger partial charge in [-0.25, -0.2) is 0 Å². The van der Waals surface area contributed by atoms with E-state index in [0.29, 0.717) is 0 Å². The number of benzene rings is 4. The van der Waals surface area contributed by atoms with Crippen molar-refractivity contribution in [2.45, 2.75) is 5.60 Å². The quantitative estimate of drug-likeness (QED) is 0.310. The van der Waals surface area contributed by atoms with Gasteiger partial charge in [-0.3, -0.25) is 0 Å². The lowest BCUT2D eigenvalue weighted by Crippen LogP contribution is -2.27. The molecule has 1 aliphatic rings. The van der Waals surface area contributed by atoms with Gasteiger partial charge in [-0.1, -0.05) is 80.4 Å². The number of hydrogen-bond acceptors (Lipinski definition) is 2. The molecule has 0 amide bonds. The second kappa shape index (κ2) is 7.38. The lowest BCUT2D eigenvalue weighted by molar-refractivity contribution is 0.131. The summed E-state index contributed by atoms with van der Waals surface area (Å²) in [5.41, 5.74) is 5.46. The van der Waals surface area contributed by atoms with Crippen LogP contribution in [0.4, 0.5) is 0 Å². The van der Waals surface area contributed by atoms with E-state index in [9.17, 15) is 5.11 Å². The molecule has 0 aliphatic heterocycles. The summed E-state index contributed by atoms with van der Waals surface area (Å²) < 4.78 is 7.19. The van der Waals surface area contributed by atoms with Crippen molar-refractivity contribution in [3.63, 3.8) is 0 Å². The molecule has 0 saturated heterocycles. The van der Waals surface area contributed by atoms with Gasteiger partial charge in [0.2, 0.25) is 0 Å². The molecule has 4 aromatic carbocycles. The van der Waals surface area contributed by atoms with Crippen LogP contribution in [0.15, 0.2) is 93.9 Å². The lowest BCUT2D eigenvalue weighted by atomic mass is 9.80. The average molecular weight is 522 g/mol. The van der Waals surface area contributed by atoms with Crippen molar-refractivity contribution < 1.29 is 9.84 Å². The van der Waals surface area contributed by atoms with Crippen LogP contribution in [0, 0.1) is 0 Å². The molecule has 0 atom stereocenters. The molecule has 1 N–H and O–H groups in total. The van der Waals surface area contributed by atoms with E-state index in [4.69, 9.17) is 4.74 Å². The fourth-order valence-electron chi connectivity index (χ4n) is 4.36. The van der Waals surface area contributed by atoms with Crippen molar-refractivity contribution in [3.8, 4) is 28.0 Å². The average Bonchev–Trinajstić information content (AvgIpc) is 3.02. The highest BCUT2D eigenvalue weighted by molar-refractivity contribution is 9.10. The van der Waals surface area contributed by atoms with Gasteiger partial charge >= 0.3 is 0 Å². The van der Waals surface area contributed by atoms with Gasteiger partial charge < -0.3 is 9.84 Å². The molecule has 4 aromatic rings. The Morgan fingerprint density at radius 1 is 0.667 bits per heavy atom. The van der Waals surface area contributed by atoms with Crippen molar-refractivity contribution in [2.75, 3.05) is 7.11 Å². The minimum Gasteiger partial charge on any atom is -0.497 e. The minimum absolute atomic E-state index is 0.805. The zero-order chi connectivity index (χ0) is 20.9. The molecule has 4 heteroatoms. The van der Waals surface area contributed by atoms with E-state index in [2.05, 4.69) is 50.1 Å². The molecule has 0 bridgehead atoms. The van der Waals surface area contributed by atoms with Crippen LogP contribution in [0.2, 0.25) is 0 Å². The second-order valence-corrected chi connectivity index (χ2v) is 9.20. The van der Waals surface area contributed by atoms with E-state index in [1.807, 2.05) is 66.7 Å². The van der Waals surface area contributed by atoms with Crippen LogP contribution in [0.5, 0.6) is 5.75 Å². The monoisotopic (exact) mass is 520 g/mol. The predicted molar refractivity (Wildman–Crippen MR) is 128 cm³/mol. The molecule has 0 radical (unpaired) electrons. The number of methoxy groups -OCH3 is 1. The van der Waals surface area contributed by atoms with E-state index < -0.39 is 5.60 Å². The third-order valence-corrected chi connectivity index (χ3v) is 6.74. The SMILES string of the molecule is COc1ccc(-c2ccccc2C2(O)c3cc(Br)ccc3-c3ccc(Br)cc32)cc1. The van der Waals surface area contributed by atoms with Gasteiger partial charge in [0, 0.05) is 25.6 Å². The van der Waals surface area contributed by atoms with Crippen LogP contribution in [-0.2, 0) is 5.60 Å². The molecule has 0 unspecified atom stereocenters. The third-order valence-electron chi connectivity index (χ3n) is 5.75. The maximum absolute atomic E-state index is 12.4. The van der Waals surface area contributed by atoms with E-state index in [-0.39, 0.29) is 0 Å². The van der Waals surface area contributed by atoms with Crippen molar-refractivity contribution in [2.24, 2.45) is 0 Å². The van der Waals surface area contributed by atoms with E-state index in [0.717, 1.165) is 53.6 Å². The molecular formula is C26H18Br2O2. The number of ether oxygens (including phenoxy) is 1. The minimum atomic E-state index is -1.27. The van der Waals surface area contributed by atoms with Crippen molar-refractivity contribution in [3.05, 3.63) is 111 Å². The van der Waals surface area contributed by atoms with Gasteiger partial charge in [0.15, 0.2) is 0 Å². The number of aliphatic hydroxyl groups is 1. The van der Waals surface area contributed by atoms with E-state index in [1.165, 1.54) is 0 Å². The summed E-state index contributed by atoms with van der Waals surface area (Å²) in [6.45, 7) is 0. The van der Waals surface area contributed by atoms with Gasteiger partial charge in [-0.15, -0.1) is 0 Å². The molecule has 0 saturated carbocycles. The van der Waals surface area contributed by atoms with Gasteiger partial charge in [-0.2, -0.15) is 0 Å². The first kappa shape index (κ1) is 19.6. The zero-order valence-electron chi connectivity index (χ0n) is 16.2. The Bertz CT molecular complexity index is 1210. The summed E-state index contributed by atoms with van der Waals surface area (Å²) >= 11 is 7.19. The highest BCUT2D eigenvalue weighted by atomic mass is 79.9. The molecule has 1 aliphatic carbocycles. The zero-order valence-corrected chi connectivity index (χ0v) is 19.4. The van der Waals surface area contributed by atoms with Crippen molar-refractivity contribution >= 4 is 31.9 Å². The Morgan fingerprint density at radius 3 is 1.80 bits per heavy atom. The van der Waals surface area contributed by atoms with Crippen LogP contribution < -0.4 is 4.74 Å². The van der Waals surface area contributed by atoms with Crippen LogP contribution in [0.1, 0.15) is 16.7 Å². The fourth-order valence-corrected chi connectivity index (χ4v) is 5.08. The normalized spacial score (nSPS) is 13.6. The molecule has 0 aromatic heterocycles. The summed E-state index contributed by atoms with van der Waals surface area (Å²) in [5.74, 6) is 0.805. The fraction of sp³-hybridized carbons (Fsp3) is 0.0769. The van der Waals surface area contributed by atoms with Crippen molar-refractivity contribution in [1.29, 1.82) is 0 Å². The Morgan fingerprint density at radius 2 is 1.23 bits per heavy atom. The summed E-state index contributed by atoms with van der Waals surface area (Å²) in [6.07, 6.45) is 0. The molecule has 0 spiro atoms. The summed E-state index contributed by atoms with van der Waals surface area (Å²) in [6, 6.07) is 28.2. The molecule has 30 heavy (non-hydrogen) atoms. The van der Waals surface area contributed by atoms with Gasteiger partial charge in [-0.05, 0) is 58.7 Å². The number of rotatable bonds is 3. The van der Waals surface area contributed by atoms with Gasteiger partial charge in [0.1, 0.15) is 11.4 Å². The Hall–Kier alpha value is -2.40. The van der Waals surface area contributed by atoms with Gasteiger partial charge in [0.05, 0.1) is 7.11 Å². The van der Waals surface area contributed by atoms with Gasteiger partial charge in [0.25, 0.3) is 0 Å². The molecule has 5 rings (SSSR count). The Balaban J connectivity index is 1.81. The smallest absolute Gasteiger partial charge is 0.142 e. The lowest BCUT2D eigenvalue weighted by Gasteiger charge is -2.29. The molecule has 2 nitrogen and oxygen atoms in total. The Kier molecular flexibility index (Phi) is 4.81. The molecule has 148 valence electrons. The predicted octanol–water partition coefficient (Wildman–Crippen LogP) is 7.15. The standard InChI is InChI=1S/C26H18Br2O2/c1-30-19-10-6-16(7-11-19)20-4-2-3-5-23(20)26(29)24-14-17(27)8-12-21(24)22-13-9-18(28)15-25(22)26/h2-15,29H,1H3. The molecular weight excluding hydrogens is 504 g/mol. The van der Waals surface area contributed by atoms with Crippen LogP contribution >= 0.6 is 31.9 Å². The summed E-state index contributed by atoms with van der Waals surface area (Å²) in [7, 11) is 1.66. The number of hydrogen-bond donors (Lipinski definition) is 1. The van der Waals surface area contributed by atoms with Crippen LogP contribution in [-0.4, -0.2) is 12.2 Å². The maximum Gasteiger partial charge on any atom is 0.142 e.